The molecule has 9 heteroatoms. The van der Waals surface area contributed by atoms with Gasteiger partial charge in [-0.25, -0.2) is 9.37 Å². The van der Waals surface area contributed by atoms with E-state index in [-0.39, 0.29) is 17.6 Å². The van der Waals surface area contributed by atoms with Gasteiger partial charge in [-0.1, -0.05) is 18.2 Å². The minimum Gasteiger partial charge on any atom is -0.378 e. The van der Waals surface area contributed by atoms with Crippen molar-refractivity contribution in [2.75, 3.05) is 31.2 Å². The zero-order valence-electron chi connectivity index (χ0n) is 17.3. The van der Waals surface area contributed by atoms with E-state index in [9.17, 15) is 22.4 Å². The van der Waals surface area contributed by atoms with Crippen molar-refractivity contribution in [2.45, 2.75) is 19.6 Å². The van der Waals surface area contributed by atoms with Gasteiger partial charge in [-0.05, 0) is 42.3 Å². The summed E-state index contributed by atoms with van der Waals surface area (Å²) in [6, 6.07) is 9.21. The lowest BCUT2D eigenvalue weighted by Gasteiger charge is -2.30. The molecule has 0 aliphatic carbocycles. The Kier molecular flexibility index (Phi) is 6.01. The number of hydrogen-bond donors (Lipinski definition) is 1. The Morgan fingerprint density at radius 3 is 2.59 bits per heavy atom. The summed E-state index contributed by atoms with van der Waals surface area (Å²) in [5.74, 6) is -0.522. The number of nitrogens with one attached hydrogen (secondary N) is 1. The van der Waals surface area contributed by atoms with Gasteiger partial charge in [-0.2, -0.15) is 13.2 Å². The minimum atomic E-state index is -4.50. The van der Waals surface area contributed by atoms with Gasteiger partial charge < -0.3 is 15.0 Å². The summed E-state index contributed by atoms with van der Waals surface area (Å²) < 4.78 is 58.5. The van der Waals surface area contributed by atoms with Crippen molar-refractivity contribution < 1.29 is 27.1 Å². The SMILES string of the molecule is Cc1c(C(=O)NCc2cccc(F)c2)c(N2CCOCC2)nc2cc(C(F)(F)F)ccc12. The lowest BCUT2D eigenvalue weighted by atomic mass is 10.0. The number of pyridine rings is 1. The summed E-state index contributed by atoms with van der Waals surface area (Å²) in [6.45, 7) is 3.56. The van der Waals surface area contributed by atoms with Crippen molar-refractivity contribution in [3.05, 3.63) is 70.5 Å². The Hall–Kier alpha value is -3.20. The molecule has 0 radical (unpaired) electrons. The Balaban J connectivity index is 1.76. The number of carbonyl (C=O) groups is 1. The molecule has 0 unspecified atom stereocenters. The van der Waals surface area contributed by atoms with Gasteiger partial charge in [-0.15, -0.1) is 0 Å². The standard InChI is InChI=1S/C23H21F4N3O2/c1-14-18-6-5-16(23(25,26)27)12-19(18)29-21(30-7-9-32-10-8-30)20(14)22(31)28-13-15-3-2-4-17(24)11-15/h2-6,11-12H,7-10,13H2,1H3,(H,28,31). The molecule has 1 saturated heterocycles. The molecule has 2 heterocycles. The first-order valence-corrected chi connectivity index (χ1v) is 10.1. The highest BCUT2D eigenvalue weighted by atomic mass is 19.4. The summed E-state index contributed by atoms with van der Waals surface area (Å²) in [4.78, 5) is 19.5. The maximum Gasteiger partial charge on any atom is 0.416 e. The first kappa shape index (κ1) is 22.0. The van der Waals surface area contributed by atoms with Crippen LogP contribution < -0.4 is 10.2 Å². The first-order chi connectivity index (χ1) is 15.2. The Morgan fingerprint density at radius 1 is 1.16 bits per heavy atom. The number of carbonyl (C=O) groups excluding carboxylic acids is 1. The minimum absolute atomic E-state index is 0.101. The van der Waals surface area contributed by atoms with Crippen LogP contribution in [0.5, 0.6) is 0 Å². The fraction of sp³-hybridized carbons (Fsp3) is 0.304. The molecule has 1 amide bonds. The van der Waals surface area contributed by atoms with Gasteiger partial charge in [0.15, 0.2) is 0 Å². The highest BCUT2D eigenvalue weighted by Crippen LogP contribution is 2.34. The number of aryl methyl sites for hydroxylation is 1. The maximum atomic E-state index is 13.5. The van der Waals surface area contributed by atoms with Gasteiger partial charge in [-0.3, -0.25) is 4.79 Å². The van der Waals surface area contributed by atoms with E-state index in [0.29, 0.717) is 48.6 Å². The zero-order chi connectivity index (χ0) is 22.9. The molecule has 1 N–H and O–H groups in total. The molecule has 4 rings (SSSR count). The molecule has 32 heavy (non-hydrogen) atoms. The number of halogens is 4. The second kappa shape index (κ2) is 8.74. The van der Waals surface area contributed by atoms with Crippen molar-refractivity contribution >= 4 is 22.6 Å². The number of alkyl halides is 3. The molecule has 168 valence electrons. The zero-order valence-corrected chi connectivity index (χ0v) is 17.3. The Labute approximate surface area is 182 Å². The van der Waals surface area contributed by atoms with E-state index in [2.05, 4.69) is 10.3 Å². The molecule has 3 aromatic rings. The molecule has 0 atom stereocenters. The predicted molar refractivity (Wildman–Crippen MR) is 112 cm³/mol. The smallest absolute Gasteiger partial charge is 0.378 e. The largest absolute Gasteiger partial charge is 0.416 e. The summed E-state index contributed by atoms with van der Waals surface area (Å²) in [7, 11) is 0. The molecule has 0 saturated carbocycles. The van der Waals surface area contributed by atoms with Gasteiger partial charge in [0.25, 0.3) is 5.91 Å². The van der Waals surface area contributed by atoms with E-state index < -0.39 is 23.5 Å². The van der Waals surface area contributed by atoms with E-state index in [0.717, 1.165) is 12.1 Å². The number of benzene rings is 2. The van der Waals surface area contributed by atoms with Crippen LogP contribution in [0.3, 0.4) is 0 Å². The van der Waals surface area contributed by atoms with Gasteiger partial charge in [0, 0.05) is 25.0 Å². The normalized spacial score (nSPS) is 14.6. The van der Waals surface area contributed by atoms with Crippen LogP contribution in [0.25, 0.3) is 10.9 Å². The number of morpholine rings is 1. The van der Waals surface area contributed by atoms with Crippen molar-refractivity contribution in [2.24, 2.45) is 0 Å². The van der Waals surface area contributed by atoms with Crippen molar-refractivity contribution in [3.63, 3.8) is 0 Å². The van der Waals surface area contributed by atoms with Crippen LogP contribution in [0, 0.1) is 12.7 Å². The molecular formula is C23H21F4N3O2. The van der Waals surface area contributed by atoms with Crippen LogP contribution in [-0.2, 0) is 17.5 Å². The highest BCUT2D eigenvalue weighted by molar-refractivity contribution is 6.05. The number of amides is 1. The Bertz CT molecular complexity index is 1160. The summed E-state index contributed by atoms with van der Waals surface area (Å²) in [5.41, 5.74) is 0.777. The molecular weight excluding hydrogens is 426 g/mol. The number of hydrogen-bond acceptors (Lipinski definition) is 4. The fourth-order valence-electron chi connectivity index (χ4n) is 3.78. The third-order valence-electron chi connectivity index (χ3n) is 5.43. The fourth-order valence-corrected chi connectivity index (χ4v) is 3.78. The summed E-state index contributed by atoms with van der Waals surface area (Å²) >= 11 is 0. The lowest BCUT2D eigenvalue weighted by molar-refractivity contribution is -0.137. The van der Waals surface area contributed by atoms with Crippen LogP contribution in [0.4, 0.5) is 23.4 Å². The predicted octanol–water partition coefficient (Wildman–Crippen LogP) is 4.47. The molecule has 1 aliphatic rings. The topological polar surface area (TPSA) is 54.5 Å². The molecule has 1 aliphatic heterocycles. The second-order valence-corrected chi connectivity index (χ2v) is 7.58. The quantitative estimate of drug-likeness (QED) is 0.600. The third kappa shape index (κ3) is 4.52. The maximum absolute atomic E-state index is 13.5. The van der Waals surface area contributed by atoms with Gasteiger partial charge >= 0.3 is 6.18 Å². The lowest BCUT2D eigenvalue weighted by Crippen LogP contribution is -2.39. The molecule has 1 aromatic heterocycles. The van der Waals surface area contributed by atoms with Crippen LogP contribution in [0.15, 0.2) is 42.5 Å². The van der Waals surface area contributed by atoms with Crippen LogP contribution in [-0.4, -0.2) is 37.2 Å². The van der Waals surface area contributed by atoms with Crippen LogP contribution >= 0.6 is 0 Å². The number of ether oxygens (including phenoxy) is 1. The third-order valence-corrected chi connectivity index (χ3v) is 5.43. The van der Waals surface area contributed by atoms with E-state index in [4.69, 9.17) is 4.74 Å². The monoisotopic (exact) mass is 447 g/mol. The molecule has 0 spiro atoms. The molecule has 1 fully saturated rings. The average Bonchev–Trinajstić information content (AvgIpc) is 2.77. The number of nitrogens with zero attached hydrogens (tertiary/aromatic N) is 2. The molecule has 2 aromatic carbocycles. The van der Waals surface area contributed by atoms with Gasteiger partial charge in [0.2, 0.25) is 0 Å². The Morgan fingerprint density at radius 2 is 1.91 bits per heavy atom. The molecule has 0 bridgehead atoms. The first-order valence-electron chi connectivity index (χ1n) is 10.1. The average molecular weight is 447 g/mol. The van der Waals surface area contributed by atoms with Crippen molar-refractivity contribution in [1.29, 1.82) is 0 Å². The van der Waals surface area contributed by atoms with E-state index in [1.807, 2.05) is 4.90 Å². The summed E-state index contributed by atoms with van der Waals surface area (Å²) in [5, 5.41) is 3.24. The van der Waals surface area contributed by atoms with Gasteiger partial charge in [0.05, 0.1) is 29.9 Å². The number of aromatic nitrogens is 1. The van der Waals surface area contributed by atoms with E-state index in [1.54, 1.807) is 19.1 Å². The number of rotatable bonds is 4. The van der Waals surface area contributed by atoms with E-state index >= 15 is 0 Å². The van der Waals surface area contributed by atoms with Crippen molar-refractivity contribution in [3.8, 4) is 0 Å². The highest BCUT2D eigenvalue weighted by Gasteiger charge is 2.31. The summed E-state index contributed by atoms with van der Waals surface area (Å²) in [6.07, 6.45) is -4.50. The van der Waals surface area contributed by atoms with Crippen LogP contribution in [0.1, 0.15) is 27.0 Å². The van der Waals surface area contributed by atoms with E-state index in [1.165, 1.54) is 18.2 Å². The number of fused-ring (bicyclic) bond motifs is 1. The van der Waals surface area contributed by atoms with Gasteiger partial charge in [0.1, 0.15) is 11.6 Å². The second-order valence-electron chi connectivity index (χ2n) is 7.58. The van der Waals surface area contributed by atoms with Crippen molar-refractivity contribution in [1.82, 2.24) is 10.3 Å². The van der Waals surface area contributed by atoms with Crippen LogP contribution in [0.2, 0.25) is 0 Å². The molecule has 5 nitrogen and oxygen atoms in total. The number of anilines is 1.